The Bertz CT molecular complexity index is 973. The zero-order valence-corrected chi connectivity index (χ0v) is 21.8. The van der Waals surface area contributed by atoms with E-state index < -0.39 is 5.60 Å². The number of hydrogen-bond donors (Lipinski definition) is 1. The van der Waals surface area contributed by atoms with Crippen LogP contribution in [0.4, 0.5) is 10.6 Å². The highest BCUT2D eigenvalue weighted by Crippen LogP contribution is 2.31. The van der Waals surface area contributed by atoms with E-state index in [9.17, 15) is 4.79 Å². The average molecular weight is 486 g/mol. The number of fused-ring (bicyclic) bond motifs is 1. The van der Waals surface area contributed by atoms with E-state index in [1.54, 1.807) is 4.90 Å². The second kappa shape index (κ2) is 10.2. The third-order valence-electron chi connectivity index (χ3n) is 7.25. The van der Waals surface area contributed by atoms with Crippen LogP contribution in [0.1, 0.15) is 51.8 Å². The Kier molecular flexibility index (Phi) is 7.38. The van der Waals surface area contributed by atoms with Crippen LogP contribution in [0.2, 0.25) is 0 Å². The van der Waals surface area contributed by atoms with Crippen LogP contribution in [-0.4, -0.2) is 96.0 Å². The molecule has 2 atom stereocenters. The largest absolute Gasteiger partial charge is 0.461 e. The van der Waals surface area contributed by atoms with Crippen LogP contribution in [0.3, 0.4) is 0 Å². The molecule has 0 saturated carbocycles. The molecule has 10 heteroatoms. The van der Waals surface area contributed by atoms with Gasteiger partial charge in [-0.2, -0.15) is 9.97 Å². The smallest absolute Gasteiger partial charge is 0.410 e. The maximum atomic E-state index is 12.8. The van der Waals surface area contributed by atoms with Gasteiger partial charge in [0.2, 0.25) is 6.54 Å². The molecule has 3 aliphatic heterocycles. The molecule has 10 nitrogen and oxygen atoms in total. The Labute approximate surface area is 208 Å². The molecule has 1 amide bonds. The lowest BCUT2D eigenvalue weighted by Crippen LogP contribution is -2.57. The maximum absolute atomic E-state index is 12.8. The predicted octanol–water partition coefficient (Wildman–Crippen LogP) is 2.33. The standard InChI is InChI=1S/C25H39N7O3/c1-24(2,3)35-23(33)32-13-12-31(16-18(32)14-26-5)21-19-8-10-27-15-20(19)28-22(29-21)34-17-25(4)9-7-11-30(25)6/h18,27H,7-17H2,1-4,6H3/t18-,25?/m0/s1. The average Bonchev–Trinajstić information content (AvgIpc) is 3.14. The molecular formula is C25H39N7O3. The van der Waals surface area contributed by atoms with Gasteiger partial charge in [-0.25, -0.2) is 11.4 Å². The molecule has 1 N–H and O–H groups in total. The normalized spacial score (nSPS) is 25.2. The lowest BCUT2D eigenvalue weighted by molar-refractivity contribution is 0.0155. The fourth-order valence-electron chi connectivity index (χ4n) is 5.07. The number of hydrogen-bond acceptors (Lipinski definition) is 8. The number of ether oxygens (including phenoxy) is 2. The summed E-state index contributed by atoms with van der Waals surface area (Å²) < 4.78 is 11.8. The van der Waals surface area contributed by atoms with Crippen LogP contribution in [0.25, 0.3) is 4.85 Å². The second-order valence-corrected chi connectivity index (χ2v) is 11.1. The number of likely N-dealkylation sites (tertiary alicyclic amines) is 1. The number of amides is 1. The quantitative estimate of drug-likeness (QED) is 0.636. The first-order chi connectivity index (χ1) is 16.6. The Balaban J connectivity index is 1.55. The van der Waals surface area contributed by atoms with Crippen molar-refractivity contribution in [2.45, 2.75) is 70.7 Å². The predicted molar refractivity (Wildman–Crippen MR) is 134 cm³/mol. The summed E-state index contributed by atoms with van der Waals surface area (Å²) in [6.07, 6.45) is 2.73. The Morgan fingerprint density at radius 2 is 2.09 bits per heavy atom. The van der Waals surface area contributed by atoms with E-state index in [2.05, 4.69) is 33.9 Å². The van der Waals surface area contributed by atoms with E-state index in [1.165, 1.54) is 6.42 Å². The van der Waals surface area contributed by atoms with Gasteiger partial charge in [-0.1, -0.05) is 0 Å². The molecule has 2 saturated heterocycles. The van der Waals surface area contributed by atoms with Crippen LogP contribution >= 0.6 is 0 Å². The zero-order valence-electron chi connectivity index (χ0n) is 21.8. The van der Waals surface area contributed by atoms with Crippen LogP contribution in [0, 0.1) is 6.57 Å². The third-order valence-corrected chi connectivity index (χ3v) is 7.25. The number of aromatic nitrogens is 2. The van der Waals surface area contributed by atoms with Gasteiger partial charge in [-0.05, 0) is 67.1 Å². The molecular weight excluding hydrogens is 446 g/mol. The summed E-state index contributed by atoms with van der Waals surface area (Å²) in [6, 6.07) is 0.138. The minimum absolute atomic E-state index is 0.0164. The van der Waals surface area contributed by atoms with Crippen LogP contribution in [0.15, 0.2) is 0 Å². The Morgan fingerprint density at radius 3 is 2.77 bits per heavy atom. The monoisotopic (exact) mass is 485 g/mol. The molecule has 2 fully saturated rings. The second-order valence-electron chi connectivity index (χ2n) is 11.1. The molecule has 0 spiro atoms. The molecule has 0 radical (unpaired) electrons. The van der Waals surface area contributed by atoms with Crippen molar-refractivity contribution in [3.8, 4) is 6.01 Å². The van der Waals surface area contributed by atoms with Crippen molar-refractivity contribution >= 4 is 11.9 Å². The fraction of sp³-hybridized carbons (Fsp3) is 0.760. The van der Waals surface area contributed by atoms with Crippen molar-refractivity contribution in [2.24, 2.45) is 0 Å². The first kappa shape index (κ1) is 25.5. The van der Waals surface area contributed by atoms with Crippen molar-refractivity contribution in [3.63, 3.8) is 0 Å². The summed E-state index contributed by atoms with van der Waals surface area (Å²) in [5.41, 5.74) is 1.51. The van der Waals surface area contributed by atoms with Gasteiger partial charge in [0.15, 0.2) is 0 Å². The summed E-state index contributed by atoms with van der Waals surface area (Å²) in [7, 11) is 2.14. The molecule has 0 aromatic carbocycles. The highest BCUT2D eigenvalue weighted by atomic mass is 16.6. The van der Waals surface area contributed by atoms with Crippen LogP contribution < -0.4 is 15.0 Å². The summed E-state index contributed by atoms with van der Waals surface area (Å²) in [6.45, 7) is 20.3. The highest BCUT2D eigenvalue weighted by molar-refractivity contribution is 5.69. The molecule has 3 aliphatic rings. The van der Waals surface area contributed by atoms with Gasteiger partial charge < -0.3 is 24.5 Å². The molecule has 0 aliphatic carbocycles. The number of anilines is 1. The molecule has 35 heavy (non-hydrogen) atoms. The van der Waals surface area contributed by atoms with Gasteiger partial charge in [-0.15, -0.1) is 0 Å². The van der Waals surface area contributed by atoms with E-state index in [1.807, 2.05) is 20.8 Å². The zero-order chi connectivity index (χ0) is 25.2. The van der Waals surface area contributed by atoms with Crippen molar-refractivity contribution in [1.82, 2.24) is 25.1 Å². The third kappa shape index (κ3) is 5.78. The number of rotatable bonds is 5. The van der Waals surface area contributed by atoms with Crippen LogP contribution in [-0.2, 0) is 17.7 Å². The molecule has 0 bridgehead atoms. The van der Waals surface area contributed by atoms with E-state index in [4.69, 9.17) is 26.0 Å². The van der Waals surface area contributed by atoms with Gasteiger partial charge in [0.25, 0.3) is 0 Å². The Hall–Kier alpha value is -2.64. The number of carbonyl (C=O) groups excluding carboxylic acids is 1. The lowest BCUT2D eigenvalue weighted by Gasteiger charge is -2.41. The first-order valence-corrected chi connectivity index (χ1v) is 12.6. The first-order valence-electron chi connectivity index (χ1n) is 12.6. The number of likely N-dealkylation sites (N-methyl/N-ethyl adjacent to an activating group) is 1. The lowest BCUT2D eigenvalue weighted by atomic mass is 10.0. The maximum Gasteiger partial charge on any atom is 0.410 e. The minimum Gasteiger partial charge on any atom is -0.461 e. The summed E-state index contributed by atoms with van der Waals surface area (Å²) in [5, 5.41) is 3.40. The van der Waals surface area contributed by atoms with E-state index in [0.29, 0.717) is 38.8 Å². The SMILES string of the molecule is [C-]#[N+]C[C@H]1CN(c2nc(OCC3(C)CCCN3C)nc3c2CCNC3)CCN1C(=O)OC(C)(C)C. The van der Waals surface area contributed by atoms with E-state index in [-0.39, 0.29) is 24.2 Å². The number of carbonyl (C=O) groups is 1. The van der Waals surface area contributed by atoms with Crippen LogP contribution in [0.5, 0.6) is 6.01 Å². The van der Waals surface area contributed by atoms with E-state index in [0.717, 1.165) is 43.0 Å². The highest BCUT2D eigenvalue weighted by Gasteiger charge is 2.38. The summed E-state index contributed by atoms with van der Waals surface area (Å²) in [5.74, 6) is 0.871. The molecule has 192 valence electrons. The number of nitrogens with one attached hydrogen (secondary N) is 1. The molecule has 4 rings (SSSR count). The summed E-state index contributed by atoms with van der Waals surface area (Å²) in [4.78, 5) is 32.3. The summed E-state index contributed by atoms with van der Waals surface area (Å²) >= 11 is 0. The van der Waals surface area contributed by atoms with Gasteiger partial charge in [0.1, 0.15) is 24.1 Å². The van der Waals surface area contributed by atoms with Crippen molar-refractivity contribution in [2.75, 3.05) is 57.8 Å². The minimum atomic E-state index is -0.578. The van der Waals surface area contributed by atoms with Gasteiger partial charge >= 0.3 is 12.1 Å². The van der Waals surface area contributed by atoms with Gasteiger partial charge in [0.05, 0.1) is 11.2 Å². The van der Waals surface area contributed by atoms with Crippen molar-refractivity contribution < 1.29 is 14.3 Å². The van der Waals surface area contributed by atoms with Gasteiger partial charge in [0, 0.05) is 31.7 Å². The fourth-order valence-corrected chi connectivity index (χ4v) is 5.07. The van der Waals surface area contributed by atoms with Gasteiger partial charge in [-0.3, -0.25) is 9.80 Å². The molecule has 1 aromatic heterocycles. The van der Waals surface area contributed by atoms with E-state index >= 15 is 0 Å². The molecule has 1 aromatic rings. The van der Waals surface area contributed by atoms with Crippen molar-refractivity contribution in [1.29, 1.82) is 0 Å². The number of nitrogens with zero attached hydrogens (tertiary/aromatic N) is 6. The Morgan fingerprint density at radius 1 is 1.29 bits per heavy atom. The topological polar surface area (TPSA) is 87.4 Å². The molecule has 1 unspecified atom stereocenters. The number of piperazine rings is 1. The van der Waals surface area contributed by atoms with Crippen molar-refractivity contribution in [3.05, 3.63) is 22.7 Å². The molecule has 4 heterocycles.